The van der Waals surface area contributed by atoms with E-state index in [2.05, 4.69) is 0 Å². The van der Waals surface area contributed by atoms with Crippen LogP contribution < -0.4 is 0 Å². The normalized spacial score (nSPS) is 14.4. The number of ether oxygens (including phenoxy) is 1. The Morgan fingerprint density at radius 3 is 2.74 bits per heavy atom. The second-order valence-corrected chi connectivity index (χ2v) is 6.04. The first-order valence-corrected chi connectivity index (χ1v) is 7.28. The molecule has 0 atom stereocenters. The third-order valence-corrected chi connectivity index (χ3v) is 4.41. The van der Waals surface area contributed by atoms with Gasteiger partial charge in [-0.1, -0.05) is 23.7 Å². The summed E-state index contributed by atoms with van der Waals surface area (Å²) in [4.78, 5) is 16.1. The third kappa shape index (κ3) is 2.80. The van der Waals surface area contributed by atoms with Crippen molar-refractivity contribution in [1.82, 2.24) is 4.98 Å². The molecule has 0 bridgehead atoms. The molecule has 1 aromatic heterocycles. The number of aromatic nitrogens is 1. The Labute approximate surface area is 120 Å². The molecule has 2 aromatic rings. The van der Waals surface area contributed by atoms with Crippen molar-refractivity contribution in [1.29, 1.82) is 0 Å². The maximum absolute atomic E-state index is 10.3. The third-order valence-electron chi connectivity index (χ3n) is 3.07. The summed E-state index contributed by atoms with van der Waals surface area (Å²) in [5, 5.41) is 1.68. The van der Waals surface area contributed by atoms with Gasteiger partial charge in [-0.15, -0.1) is 11.3 Å². The predicted octanol–water partition coefficient (Wildman–Crippen LogP) is 4.01. The zero-order valence-corrected chi connectivity index (χ0v) is 11.7. The number of nitrogens with zero attached hydrogens (tertiary/aromatic N) is 1. The number of hydrogen-bond acceptors (Lipinski definition) is 4. The van der Waals surface area contributed by atoms with Gasteiger partial charge in [-0.2, -0.15) is 0 Å². The lowest BCUT2D eigenvalue weighted by molar-refractivity contribution is -0.129. The van der Waals surface area contributed by atoms with Crippen LogP contribution in [-0.2, 0) is 16.1 Å². The molecule has 0 radical (unpaired) electrons. The minimum Gasteiger partial charge on any atom is -0.462 e. The highest BCUT2D eigenvalue weighted by molar-refractivity contribution is 7.15. The first-order valence-electron chi connectivity index (χ1n) is 6.08. The van der Waals surface area contributed by atoms with Crippen molar-refractivity contribution in [3.8, 4) is 10.6 Å². The number of halogens is 1. The van der Waals surface area contributed by atoms with Gasteiger partial charge >= 0.3 is 0 Å². The van der Waals surface area contributed by atoms with Crippen molar-refractivity contribution in [3.05, 3.63) is 39.9 Å². The van der Waals surface area contributed by atoms with Gasteiger partial charge in [0.15, 0.2) is 0 Å². The molecule has 19 heavy (non-hydrogen) atoms. The molecule has 0 N–H and O–H groups in total. The highest BCUT2D eigenvalue weighted by atomic mass is 35.5. The van der Waals surface area contributed by atoms with Crippen molar-refractivity contribution >= 4 is 29.4 Å². The summed E-state index contributed by atoms with van der Waals surface area (Å²) in [5.41, 5.74) is 2.14. The largest absolute Gasteiger partial charge is 0.462 e. The highest BCUT2D eigenvalue weighted by Gasteiger charge is 2.30. The number of benzene rings is 1. The number of carbonyl (C=O) groups is 1. The van der Waals surface area contributed by atoms with E-state index in [0.29, 0.717) is 24.0 Å². The monoisotopic (exact) mass is 293 g/mol. The molecule has 0 amide bonds. The molecule has 3 nitrogen and oxygen atoms in total. The number of hydrogen-bond donors (Lipinski definition) is 0. The van der Waals surface area contributed by atoms with Gasteiger partial charge in [-0.3, -0.25) is 4.79 Å². The molecule has 0 saturated heterocycles. The van der Waals surface area contributed by atoms with Gasteiger partial charge < -0.3 is 4.74 Å². The lowest BCUT2D eigenvalue weighted by atomic mass is 10.2. The molecule has 1 saturated carbocycles. The Morgan fingerprint density at radius 2 is 2.11 bits per heavy atom. The molecule has 1 aromatic carbocycles. The van der Waals surface area contributed by atoms with Crippen LogP contribution in [0.3, 0.4) is 0 Å². The van der Waals surface area contributed by atoms with Crippen LogP contribution in [0.5, 0.6) is 0 Å². The second-order valence-electron chi connectivity index (χ2n) is 4.52. The van der Waals surface area contributed by atoms with E-state index in [0.717, 1.165) is 21.1 Å². The SMILES string of the molecule is O=COCc1sc(-c2ccc(Cl)cc2)nc1C1CC1. The molecular formula is C14H12ClNO2S. The number of carbonyl (C=O) groups excluding carboxylic acids is 1. The van der Waals surface area contributed by atoms with Crippen LogP contribution in [-0.4, -0.2) is 11.5 Å². The van der Waals surface area contributed by atoms with Crippen molar-refractivity contribution in [2.75, 3.05) is 0 Å². The highest BCUT2D eigenvalue weighted by Crippen LogP contribution is 2.44. The van der Waals surface area contributed by atoms with Gasteiger partial charge in [0, 0.05) is 16.5 Å². The van der Waals surface area contributed by atoms with Gasteiger partial charge in [0.2, 0.25) is 0 Å². The summed E-state index contributed by atoms with van der Waals surface area (Å²) < 4.78 is 4.88. The molecule has 1 aliphatic carbocycles. The van der Waals surface area contributed by atoms with E-state index in [9.17, 15) is 4.79 Å². The van der Waals surface area contributed by atoms with E-state index in [4.69, 9.17) is 21.3 Å². The first kappa shape index (κ1) is 12.6. The van der Waals surface area contributed by atoms with Crippen LogP contribution in [0.1, 0.15) is 29.3 Å². The van der Waals surface area contributed by atoms with Crippen LogP contribution in [0.2, 0.25) is 5.02 Å². The van der Waals surface area contributed by atoms with Gasteiger partial charge in [-0.25, -0.2) is 4.98 Å². The number of rotatable bonds is 5. The Bertz CT molecular complexity index is 590. The van der Waals surface area contributed by atoms with Gasteiger partial charge in [0.05, 0.1) is 10.6 Å². The molecule has 0 spiro atoms. The second kappa shape index (κ2) is 5.31. The van der Waals surface area contributed by atoms with Crippen LogP contribution in [0.4, 0.5) is 0 Å². The molecule has 0 unspecified atom stereocenters. The van der Waals surface area contributed by atoms with Crippen molar-refractivity contribution in [2.45, 2.75) is 25.4 Å². The minimum absolute atomic E-state index is 0.320. The number of thiazole rings is 1. The summed E-state index contributed by atoms with van der Waals surface area (Å²) in [6, 6.07) is 7.64. The Balaban J connectivity index is 1.93. The molecule has 3 rings (SSSR count). The average molecular weight is 294 g/mol. The quantitative estimate of drug-likeness (QED) is 0.782. The van der Waals surface area contributed by atoms with E-state index in [1.165, 1.54) is 12.8 Å². The van der Waals surface area contributed by atoms with Gasteiger partial charge in [0.25, 0.3) is 6.47 Å². The zero-order chi connectivity index (χ0) is 13.2. The van der Waals surface area contributed by atoms with E-state index in [1.807, 2.05) is 24.3 Å². The van der Waals surface area contributed by atoms with Crippen LogP contribution in [0.25, 0.3) is 10.6 Å². The lowest BCUT2D eigenvalue weighted by Gasteiger charge is -1.97. The summed E-state index contributed by atoms with van der Waals surface area (Å²) in [6.45, 7) is 0.805. The van der Waals surface area contributed by atoms with E-state index >= 15 is 0 Å². The van der Waals surface area contributed by atoms with Crippen molar-refractivity contribution in [2.24, 2.45) is 0 Å². The smallest absolute Gasteiger partial charge is 0.293 e. The average Bonchev–Trinajstić information content (AvgIpc) is 3.18. The van der Waals surface area contributed by atoms with Gasteiger partial charge in [-0.05, 0) is 25.0 Å². The predicted molar refractivity (Wildman–Crippen MR) is 75.4 cm³/mol. The molecule has 1 aliphatic rings. The molecule has 98 valence electrons. The molecule has 0 aliphatic heterocycles. The summed E-state index contributed by atoms with van der Waals surface area (Å²) in [6.07, 6.45) is 2.36. The van der Waals surface area contributed by atoms with Crippen LogP contribution in [0, 0.1) is 0 Å². The molecule has 1 heterocycles. The fraction of sp³-hybridized carbons (Fsp3) is 0.286. The maximum atomic E-state index is 10.3. The molecule has 5 heteroatoms. The van der Waals surface area contributed by atoms with Crippen LogP contribution in [0.15, 0.2) is 24.3 Å². The lowest BCUT2D eigenvalue weighted by Crippen LogP contribution is -1.92. The summed E-state index contributed by atoms with van der Waals surface area (Å²) >= 11 is 7.48. The van der Waals surface area contributed by atoms with Crippen LogP contribution >= 0.6 is 22.9 Å². The Hall–Kier alpha value is -1.39. The fourth-order valence-electron chi connectivity index (χ4n) is 1.97. The van der Waals surface area contributed by atoms with E-state index < -0.39 is 0 Å². The van der Waals surface area contributed by atoms with E-state index in [1.54, 1.807) is 11.3 Å². The minimum atomic E-state index is 0.320. The molecule has 1 fully saturated rings. The van der Waals surface area contributed by atoms with Gasteiger partial charge in [0.1, 0.15) is 11.6 Å². The van der Waals surface area contributed by atoms with E-state index in [-0.39, 0.29) is 0 Å². The first-order chi connectivity index (χ1) is 9.28. The molecular weight excluding hydrogens is 282 g/mol. The Morgan fingerprint density at radius 1 is 1.37 bits per heavy atom. The zero-order valence-electron chi connectivity index (χ0n) is 10.1. The summed E-state index contributed by atoms with van der Waals surface area (Å²) in [7, 11) is 0. The van der Waals surface area contributed by atoms with Crippen molar-refractivity contribution in [3.63, 3.8) is 0 Å². The fourth-order valence-corrected chi connectivity index (χ4v) is 3.17. The maximum Gasteiger partial charge on any atom is 0.293 e. The summed E-state index contributed by atoms with van der Waals surface area (Å²) in [5.74, 6) is 0.544. The van der Waals surface area contributed by atoms with Crippen molar-refractivity contribution < 1.29 is 9.53 Å². The standard InChI is InChI=1S/C14H12ClNO2S/c15-11-5-3-10(4-6-11)14-16-13(9-1-2-9)12(19-14)7-18-8-17/h3-6,8-9H,1-2,7H2. The topological polar surface area (TPSA) is 39.2 Å². The Kier molecular flexibility index (Phi) is 3.53.